The second-order valence-corrected chi connectivity index (χ2v) is 7.97. The summed E-state index contributed by atoms with van der Waals surface area (Å²) in [4.78, 5) is 7.19. The van der Waals surface area contributed by atoms with Gasteiger partial charge < -0.3 is 19.6 Å². The Hall–Kier alpha value is -3.07. The molecule has 0 unspecified atom stereocenters. The molecule has 2 atom stereocenters. The molecule has 1 aromatic heterocycles. The van der Waals surface area contributed by atoms with Gasteiger partial charge >= 0.3 is 6.18 Å². The maximum absolute atomic E-state index is 14.5. The number of anilines is 1. The van der Waals surface area contributed by atoms with Crippen LogP contribution in [0.2, 0.25) is 0 Å². The number of nitrogens with one attached hydrogen (secondary N) is 1. The van der Waals surface area contributed by atoms with Crippen molar-refractivity contribution in [2.75, 3.05) is 25.5 Å². The molecule has 2 aromatic carbocycles. The molecule has 0 radical (unpaired) electrons. The Morgan fingerprint density at radius 2 is 1.94 bits per heavy atom. The van der Waals surface area contributed by atoms with E-state index in [1.165, 1.54) is 6.21 Å². The summed E-state index contributed by atoms with van der Waals surface area (Å²) < 4.78 is 55.6. The highest BCUT2D eigenvalue weighted by atomic mass is 19.4. The first-order valence-electron chi connectivity index (χ1n) is 10.3. The molecule has 3 aromatic rings. The van der Waals surface area contributed by atoms with Gasteiger partial charge in [0.25, 0.3) is 0 Å². The largest absolute Gasteiger partial charge is 0.406 e. The molecule has 0 aliphatic carbocycles. The standard InChI is InChI=1S/C23H24F4N4O/c1-30-11-10-21(19(24)14-30)29-20-8-5-9-22-18(20)12-16(31(22)15-23(25,26)27)13-28-32-17-6-3-2-4-7-17/h2-9,12-13,19,21,29H,10-11,14-15H2,1H3/b28-13+/t19-,21+/m0/s1. The van der Waals surface area contributed by atoms with Crippen molar-refractivity contribution in [3.63, 3.8) is 0 Å². The number of hydrogen-bond donors (Lipinski definition) is 1. The molecule has 1 saturated heterocycles. The van der Waals surface area contributed by atoms with Crippen LogP contribution in [0.15, 0.2) is 59.8 Å². The molecule has 1 fully saturated rings. The zero-order chi connectivity index (χ0) is 22.7. The van der Waals surface area contributed by atoms with Crippen LogP contribution >= 0.6 is 0 Å². The van der Waals surface area contributed by atoms with Crippen LogP contribution in [-0.2, 0) is 6.54 Å². The molecule has 32 heavy (non-hydrogen) atoms. The summed E-state index contributed by atoms with van der Waals surface area (Å²) in [7, 11) is 1.86. The van der Waals surface area contributed by atoms with E-state index in [1.54, 1.807) is 48.5 Å². The van der Waals surface area contributed by atoms with Crippen LogP contribution in [-0.4, -0.2) is 54.2 Å². The lowest BCUT2D eigenvalue weighted by Crippen LogP contribution is -2.46. The van der Waals surface area contributed by atoms with Gasteiger partial charge in [0.1, 0.15) is 12.7 Å². The van der Waals surface area contributed by atoms with E-state index in [0.717, 1.165) is 11.1 Å². The van der Waals surface area contributed by atoms with E-state index >= 15 is 0 Å². The molecule has 9 heteroatoms. The van der Waals surface area contributed by atoms with Crippen LogP contribution in [0.4, 0.5) is 23.2 Å². The van der Waals surface area contributed by atoms with E-state index in [4.69, 9.17) is 4.84 Å². The van der Waals surface area contributed by atoms with Crippen molar-refractivity contribution in [3.8, 4) is 5.75 Å². The lowest BCUT2D eigenvalue weighted by molar-refractivity contribution is -0.139. The fraction of sp³-hybridized carbons (Fsp3) is 0.348. The topological polar surface area (TPSA) is 41.8 Å². The van der Waals surface area contributed by atoms with Gasteiger partial charge in [-0.2, -0.15) is 13.2 Å². The Balaban J connectivity index is 1.66. The maximum atomic E-state index is 14.5. The van der Waals surface area contributed by atoms with Gasteiger partial charge in [-0.25, -0.2) is 4.39 Å². The summed E-state index contributed by atoms with van der Waals surface area (Å²) in [5, 5.41) is 7.65. The van der Waals surface area contributed by atoms with Gasteiger partial charge in [0.2, 0.25) is 0 Å². The third kappa shape index (κ3) is 5.21. The molecule has 5 nitrogen and oxygen atoms in total. The van der Waals surface area contributed by atoms with E-state index in [1.807, 2.05) is 18.0 Å². The zero-order valence-electron chi connectivity index (χ0n) is 17.5. The van der Waals surface area contributed by atoms with E-state index < -0.39 is 24.9 Å². The first kappa shape index (κ1) is 22.1. The summed E-state index contributed by atoms with van der Waals surface area (Å²) in [6.45, 7) is -0.109. The van der Waals surface area contributed by atoms with Crippen LogP contribution in [0.1, 0.15) is 12.1 Å². The number of hydrogen-bond acceptors (Lipinski definition) is 4. The molecule has 0 spiro atoms. The lowest BCUT2D eigenvalue weighted by atomic mass is 10.0. The molecule has 1 aliphatic heterocycles. The Labute approximate surface area is 183 Å². The molecule has 4 rings (SSSR count). The highest BCUT2D eigenvalue weighted by Crippen LogP contribution is 2.31. The quantitative estimate of drug-likeness (QED) is 0.325. The third-order valence-corrected chi connectivity index (χ3v) is 5.49. The summed E-state index contributed by atoms with van der Waals surface area (Å²) >= 11 is 0. The highest BCUT2D eigenvalue weighted by Gasteiger charge is 2.31. The molecule has 0 saturated carbocycles. The minimum Gasteiger partial charge on any atom is -0.379 e. The number of oxime groups is 1. The number of alkyl halides is 4. The van der Waals surface area contributed by atoms with Gasteiger partial charge in [0.05, 0.1) is 23.5 Å². The van der Waals surface area contributed by atoms with Crippen LogP contribution in [0.3, 0.4) is 0 Å². The molecular formula is C23H24F4N4O. The number of halogens is 4. The predicted molar refractivity (Wildman–Crippen MR) is 117 cm³/mol. The first-order valence-corrected chi connectivity index (χ1v) is 10.3. The number of aromatic nitrogens is 1. The Bertz CT molecular complexity index is 1080. The Morgan fingerprint density at radius 1 is 1.16 bits per heavy atom. The van der Waals surface area contributed by atoms with E-state index in [9.17, 15) is 17.6 Å². The summed E-state index contributed by atoms with van der Waals surface area (Å²) in [6.07, 6.45) is -3.62. The minimum atomic E-state index is -4.42. The van der Waals surface area contributed by atoms with Crippen LogP contribution in [0.5, 0.6) is 5.75 Å². The number of para-hydroxylation sites is 1. The lowest BCUT2D eigenvalue weighted by Gasteiger charge is -2.33. The Morgan fingerprint density at radius 3 is 2.66 bits per heavy atom. The van der Waals surface area contributed by atoms with E-state index in [0.29, 0.717) is 35.3 Å². The third-order valence-electron chi connectivity index (χ3n) is 5.49. The Kier molecular flexibility index (Phi) is 6.36. The van der Waals surface area contributed by atoms with Gasteiger partial charge in [-0.3, -0.25) is 0 Å². The average molecular weight is 448 g/mol. The number of likely N-dealkylation sites (tertiary alicyclic amines) is 1. The molecule has 0 amide bonds. The molecule has 0 bridgehead atoms. The van der Waals surface area contributed by atoms with Crippen molar-refractivity contribution in [3.05, 3.63) is 60.3 Å². The number of benzene rings is 2. The fourth-order valence-corrected chi connectivity index (χ4v) is 3.94. The van der Waals surface area contributed by atoms with Crippen molar-refractivity contribution >= 4 is 22.8 Å². The first-order chi connectivity index (χ1) is 15.3. The van der Waals surface area contributed by atoms with Crippen LogP contribution in [0, 0.1) is 0 Å². The number of rotatable bonds is 6. The van der Waals surface area contributed by atoms with E-state index in [2.05, 4.69) is 10.5 Å². The molecule has 1 aliphatic rings. The number of piperidine rings is 1. The average Bonchev–Trinajstić information content (AvgIpc) is 3.08. The fourth-order valence-electron chi connectivity index (χ4n) is 3.94. The molecule has 2 heterocycles. The second-order valence-electron chi connectivity index (χ2n) is 7.97. The SMILES string of the molecule is CN1CC[C@@H](Nc2cccc3c2cc(/C=N/Oc2ccccc2)n3CC(F)(F)F)[C@@H](F)C1. The summed E-state index contributed by atoms with van der Waals surface area (Å²) in [5.74, 6) is 0.473. The van der Waals surface area contributed by atoms with Gasteiger partial charge in [0.15, 0.2) is 5.75 Å². The molecular weight excluding hydrogens is 424 g/mol. The van der Waals surface area contributed by atoms with Crippen molar-refractivity contribution in [2.45, 2.75) is 31.4 Å². The van der Waals surface area contributed by atoms with Gasteiger partial charge in [-0.05, 0) is 43.8 Å². The van der Waals surface area contributed by atoms with Crippen molar-refractivity contribution in [1.29, 1.82) is 0 Å². The maximum Gasteiger partial charge on any atom is 0.406 e. The highest BCUT2D eigenvalue weighted by molar-refractivity contribution is 5.98. The predicted octanol–water partition coefficient (Wildman–Crippen LogP) is 5.07. The molecule has 170 valence electrons. The summed E-state index contributed by atoms with van der Waals surface area (Å²) in [5.41, 5.74) is 1.22. The van der Waals surface area contributed by atoms with Crippen molar-refractivity contribution in [2.24, 2.45) is 5.16 Å². The molecule has 1 N–H and O–H groups in total. The van der Waals surface area contributed by atoms with Crippen LogP contribution < -0.4 is 10.2 Å². The monoisotopic (exact) mass is 448 g/mol. The minimum absolute atomic E-state index is 0.239. The zero-order valence-corrected chi connectivity index (χ0v) is 17.5. The number of nitrogens with zero attached hydrogens (tertiary/aromatic N) is 3. The second kappa shape index (κ2) is 9.20. The van der Waals surface area contributed by atoms with Crippen molar-refractivity contribution in [1.82, 2.24) is 9.47 Å². The van der Waals surface area contributed by atoms with Gasteiger partial charge in [0, 0.05) is 24.2 Å². The summed E-state index contributed by atoms with van der Waals surface area (Å²) in [6, 6.07) is 15.0. The number of fused-ring (bicyclic) bond motifs is 1. The van der Waals surface area contributed by atoms with Gasteiger partial charge in [-0.15, -0.1) is 0 Å². The smallest absolute Gasteiger partial charge is 0.379 e. The van der Waals surface area contributed by atoms with Gasteiger partial charge in [-0.1, -0.05) is 29.4 Å². The van der Waals surface area contributed by atoms with Crippen LogP contribution in [0.25, 0.3) is 10.9 Å². The van der Waals surface area contributed by atoms with E-state index in [-0.39, 0.29) is 5.69 Å². The normalized spacial score (nSPS) is 20.2. The van der Waals surface area contributed by atoms with Crippen molar-refractivity contribution < 1.29 is 22.4 Å².